The van der Waals surface area contributed by atoms with Crippen molar-refractivity contribution in [2.24, 2.45) is 0 Å². The molecule has 0 saturated heterocycles. The van der Waals surface area contributed by atoms with E-state index in [1.165, 1.54) is 6.33 Å². The monoisotopic (exact) mass is 478 g/mol. The summed E-state index contributed by atoms with van der Waals surface area (Å²) in [7, 11) is 1.62. The number of carbonyl (C=O) groups is 1. The van der Waals surface area contributed by atoms with Crippen molar-refractivity contribution in [3.05, 3.63) is 97.3 Å². The van der Waals surface area contributed by atoms with Gasteiger partial charge in [0.25, 0.3) is 0 Å². The summed E-state index contributed by atoms with van der Waals surface area (Å²) >= 11 is 0. The molecule has 0 fully saturated rings. The van der Waals surface area contributed by atoms with Gasteiger partial charge in [-0.1, -0.05) is 36.4 Å². The number of amides is 1. The number of benzene rings is 4. The first-order valence-corrected chi connectivity index (χ1v) is 11.1. The number of rotatable bonds is 6. The zero-order chi connectivity index (χ0) is 24.9. The van der Waals surface area contributed by atoms with Crippen molar-refractivity contribution in [1.29, 1.82) is 0 Å². The minimum absolute atomic E-state index is 0.0825. The molecule has 8 nitrogen and oxygen atoms in total. The lowest BCUT2D eigenvalue weighted by Gasteiger charge is -2.11. The first kappa shape index (κ1) is 22.7. The summed E-state index contributed by atoms with van der Waals surface area (Å²) in [4.78, 5) is 21.0. The van der Waals surface area contributed by atoms with E-state index in [-0.39, 0.29) is 11.5 Å². The second kappa shape index (κ2) is 10.0. The zero-order valence-electron chi connectivity index (χ0n) is 19.3. The lowest BCUT2D eigenvalue weighted by Crippen LogP contribution is -2.16. The lowest BCUT2D eigenvalue weighted by atomic mass is 10.1. The Kier molecular flexibility index (Phi) is 6.31. The SMILES string of the molecule is COc1ccccc1-c1cc(Nc2ccc(NC(=O)Oc3cc4ccccc4cc3O)cc2)ncn1. The zero-order valence-corrected chi connectivity index (χ0v) is 19.3. The van der Waals surface area contributed by atoms with Crippen LogP contribution in [0.4, 0.5) is 22.0 Å². The summed E-state index contributed by atoms with van der Waals surface area (Å²) in [6, 6.07) is 27.2. The topological polar surface area (TPSA) is 106 Å². The molecule has 0 atom stereocenters. The van der Waals surface area contributed by atoms with E-state index in [1.54, 1.807) is 43.5 Å². The fourth-order valence-electron chi connectivity index (χ4n) is 3.75. The number of nitrogens with zero attached hydrogens (tertiary/aromatic N) is 2. The third-order valence-corrected chi connectivity index (χ3v) is 5.48. The summed E-state index contributed by atoms with van der Waals surface area (Å²) in [6.07, 6.45) is 0.775. The van der Waals surface area contributed by atoms with Crippen LogP contribution in [0.25, 0.3) is 22.0 Å². The van der Waals surface area contributed by atoms with Crippen LogP contribution in [0.2, 0.25) is 0 Å². The van der Waals surface area contributed by atoms with Gasteiger partial charge in [-0.3, -0.25) is 5.32 Å². The average Bonchev–Trinajstić information content (AvgIpc) is 2.90. The number of para-hydroxylation sites is 1. The Morgan fingerprint density at radius 3 is 2.28 bits per heavy atom. The van der Waals surface area contributed by atoms with Crippen LogP contribution >= 0.6 is 0 Å². The number of aromatic hydroxyl groups is 1. The largest absolute Gasteiger partial charge is 0.504 e. The smallest absolute Gasteiger partial charge is 0.417 e. The summed E-state index contributed by atoms with van der Waals surface area (Å²) in [5, 5.41) is 17.8. The van der Waals surface area contributed by atoms with E-state index in [2.05, 4.69) is 20.6 Å². The maximum absolute atomic E-state index is 12.4. The van der Waals surface area contributed by atoms with Crippen molar-refractivity contribution in [3.63, 3.8) is 0 Å². The van der Waals surface area contributed by atoms with Crippen LogP contribution in [-0.2, 0) is 0 Å². The Labute approximate surface area is 207 Å². The van der Waals surface area contributed by atoms with E-state index in [0.29, 0.717) is 11.5 Å². The quantitative estimate of drug-likeness (QED) is 0.261. The third kappa shape index (κ3) is 5.02. The molecule has 0 aliphatic heterocycles. The number of phenols is 1. The van der Waals surface area contributed by atoms with Gasteiger partial charge in [0.1, 0.15) is 17.9 Å². The molecule has 5 aromatic rings. The molecule has 8 heteroatoms. The molecule has 4 aromatic carbocycles. The van der Waals surface area contributed by atoms with E-state index in [0.717, 1.165) is 33.5 Å². The molecule has 1 aromatic heterocycles. The summed E-state index contributed by atoms with van der Waals surface area (Å²) in [5.41, 5.74) is 2.89. The van der Waals surface area contributed by atoms with Crippen molar-refractivity contribution in [1.82, 2.24) is 9.97 Å². The van der Waals surface area contributed by atoms with E-state index in [4.69, 9.17) is 9.47 Å². The van der Waals surface area contributed by atoms with Crippen LogP contribution in [0.15, 0.2) is 97.3 Å². The molecule has 0 bridgehead atoms. The van der Waals surface area contributed by atoms with Gasteiger partial charge < -0.3 is 19.9 Å². The molecular formula is C28H22N4O4. The number of phenolic OH excluding ortho intramolecular Hbond substituents is 1. The maximum atomic E-state index is 12.4. The van der Waals surface area contributed by atoms with Crippen LogP contribution < -0.4 is 20.1 Å². The molecule has 0 radical (unpaired) electrons. The van der Waals surface area contributed by atoms with Gasteiger partial charge in [-0.25, -0.2) is 14.8 Å². The molecule has 36 heavy (non-hydrogen) atoms. The normalized spacial score (nSPS) is 10.6. The number of carbonyl (C=O) groups excluding carboxylic acids is 1. The summed E-state index contributed by atoms with van der Waals surface area (Å²) < 4.78 is 10.7. The molecule has 178 valence electrons. The Bertz CT molecular complexity index is 1540. The number of ether oxygens (including phenoxy) is 2. The number of methoxy groups -OCH3 is 1. The molecule has 3 N–H and O–H groups in total. The third-order valence-electron chi connectivity index (χ3n) is 5.48. The van der Waals surface area contributed by atoms with Crippen molar-refractivity contribution < 1.29 is 19.4 Å². The minimum Gasteiger partial charge on any atom is -0.504 e. The second-order valence-corrected chi connectivity index (χ2v) is 7.87. The second-order valence-electron chi connectivity index (χ2n) is 7.87. The van der Waals surface area contributed by atoms with Crippen LogP contribution in [0.3, 0.4) is 0 Å². The summed E-state index contributed by atoms with van der Waals surface area (Å²) in [5.74, 6) is 1.30. The highest BCUT2D eigenvalue weighted by Crippen LogP contribution is 2.32. The van der Waals surface area contributed by atoms with Gasteiger partial charge in [-0.2, -0.15) is 0 Å². The van der Waals surface area contributed by atoms with Gasteiger partial charge in [-0.05, 0) is 59.3 Å². The van der Waals surface area contributed by atoms with Crippen LogP contribution in [0.5, 0.6) is 17.2 Å². The Morgan fingerprint density at radius 2 is 1.50 bits per heavy atom. The van der Waals surface area contributed by atoms with E-state index < -0.39 is 6.09 Å². The van der Waals surface area contributed by atoms with Gasteiger partial charge in [-0.15, -0.1) is 0 Å². The number of fused-ring (bicyclic) bond motifs is 1. The highest BCUT2D eigenvalue weighted by atomic mass is 16.6. The van der Waals surface area contributed by atoms with Crippen molar-refractivity contribution >= 4 is 34.1 Å². The van der Waals surface area contributed by atoms with Crippen molar-refractivity contribution in [3.8, 4) is 28.5 Å². The van der Waals surface area contributed by atoms with Gasteiger partial charge >= 0.3 is 6.09 Å². The Hall–Kier alpha value is -5.11. The van der Waals surface area contributed by atoms with E-state index in [9.17, 15) is 9.90 Å². The molecule has 1 amide bonds. The first-order chi connectivity index (χ1) is 17.6. The molecule has 5 rings (SSSR count). The molecule has 0 unspecified atom stereocenters. The highest BCUT2D eigenvalue weighted by molar-refractivity contribution is 5.90. The molecule has 0 aliphatic rings. The van der Waals surface area contributed by atoms with Gasteiger partial charge in [0, 0.05) is 23.0 Å². The maximum Gasteiger partial charge on any atom is 0.417 e. The Balaban J connectivity index is 1.25. The van der Waals surface area contributed by atoms with Crippen LogP contribution in [0.1, 0.15) is 0 Å². The molecule has 0 aliphatic carbocycles. The predicted molar refractivity (Wildman–Crippen MR) is 139 cm³/mol. The molecule has 0 saturated carbocycles. The first-order valence-electron chi connectivity index (χ1n) is 11.1. The number of aromatic nitrogens is 2. The number of anilines is 3. The number of nitrogens with one attached hydrogen (secondary N) is 2. The lowest BCUT2D eigenvalue weighted by molar-refractivity contribution is 0.213. The standard InChI is InChI=1S/C28H22N4O4/c1-35-25-9-5-4-8-22(25)23-16-27(30-17-29-23)31-20-10-12-21(13-11-20)32-28(34)36-26-15-19-7-3-2-6-18(19)14-24(26)33/h2-17,33H,1H3,(H,32,34)(H,29,30,31). The van der Waals surface area contributed by atoms with Crippen molar-refractivity contribution in [2.45, 2.75) is 0 Å². The average molecular weight is 479 g/mol. The van der Waals surface area contributed by atoms with Gasteiger partial charge in [0.05, 0.1) is 12.8 Å². The van der Waals surface area contributed by atoms with Crippen LogP contribution in [0, 0.1) is 0 Å². The Morgan fingerprint density at radius 1 is 0.806 bits per heavy atom. The number of hydrogen-bond acceptors (Lipinski definition) is 7. The van der Waals surface area contributed by atoms with Crippen LogP contribution in [-0.4, -0.2) is 28.3 Å². The molecule has 0 spiro atoms. The predicted octanol–water partition coefficient (Wildman–Crippen LogP) is 6.37. The number of hydrogen-bond donors (Lipinski definition) is 3. The molecule has 1 heterocycles. The highest BCUT2D eigenvalue weighted by Gasteiger charge is 2.11. The molecular weight excluding hydrogens is 456 g/mol. The van der Waals surface area contributed by atoms with Gasteiger partial charge in [0.15, 0.2) is 11.5 Å². The minimum atomic E-state index is -0.710. The fourth-order valence-corrected chi connectivity index (χ4v) is 3.75. The fraction of sp³-hybridized carbons (Fsp3) is 0.0357. The van der Waals surface area contributed by atoms with Crippen molar-refractivity contribution in [2.75, 3.05) is 17.7 Å². The van der Waals surface area contributed by atoms with Gasteiger partial charge in [0.2, 0.25) is 0 Å². The summed E-state index contributed by atoms with van der Waals surface area (Å²) in [6.45, 7) is 0. The van der Waals surface area contributed by atoms with E-state index in [1.807, 2.05) is 54.6 Å². The van der Waals surface area contributed by atoms with E-state index >= 15 is 0 Å².